The standard InChI is InChI=1S/C23H40N6O5/c1-12(2)7-16(24)20(30)29-19(14(5)6)22(32)27-17(9-15-10-25-11-26-15)21(31)28-18(23(33)34)8-13(3)4/h10-14,16-19H,7-9,24H2,1-6H3,(H,25,26)(H,27,32)(H,28,31)(H,29,30)(H,33,34). The number of hydrogen-bond donors (Lipinski definition) is 6. The Balaban J connectivity index is 3.02. The van der Waals surface area contributed by atoms with Crippen LogP contribution in [0.4, 0.5) is 0 Å². The average Bonchev–Trinajstić information content (AvgIpc) is 3.22. The molecule has 1 rings (SSSR count). The lowest BCUT2D eigenvalue weighted by Gasteiger charge is -2.27. The van der Waals surface area contributed by atoms with Crippen molar-refractivity contribution in [1.82, 2.24) is 25.9 Å². The van der Waals surface area contributed by atoms with Crippen LogP contribution in [0.15, 0.2) is 12.5 Å². The van der Waals surface area contributed by atoms with Gasteiger partial charge in [-0.1, -0.05) is 41.5 Å². The molecule has 0 fully saturated rings. The molecule has 0 aliphatic heterocycles. The van der Waals surface area contributed by atoms with Crippen LogP contribution in [0.3, 0.4) is 0 Å². The Hall–Kier alpha value is -2.95. The quantitative estimate of drug-likeness (QED) is 0.225. The Bertz CT molecular complexity index is 809. The molecule has 34 heavy (non-hydrogen) atoms. The first-order valence-electron chi connectivity index (χ1n) is 11.7. The van der Waals surface area contributed by atoms with Gasteiger partial charge in [-0.05, 0) is 30.6 Å². The monoisotopic (exact) mass is 480 g/mol. The molecule has 0 aromatic carbocycles. The van der Waals surface area contributed by atoms with Gasteiger partial charge in [0, 0.05) is 18.3 Å². The fraction of sp³-hybridized carbons (Fsp3) is 0.696. The molecule has 0 spiro atoms. The summed E-state index contributed by atoms with van der Waals surface area (Å²) in [6.07, 6.45) is 3.73. The maximum atomic E-state index is 13.1. The Kier molecular flexibility index (Phi) is 11.7. The number of carbonyl (C=O) groups is 4. The van der Waals surface area contributed by atoms with Crippen LogP contribution in [0.1, 0.15) is 60.1 Å². The fourth-order valence-corrected chi connectivity index (χ4v) is 3.46. The van der Waals surface area contributed by atoms with Gasteiger partial charge in [0.1, 0.15) is 18.1 Å². The minimum absolute atomic E-state index is 0.0395. The zero-order chi connectivity index (χ0) is 26.0. The highest BCUT2D eigenvalue weighted by molar-refractivity contribution is 5.94. The van der Waals surface area contributed by atoms with Crippen molar-refractivity contribution in [2.24, 2.45) is 23.5 Å². The summed E-state index contributed by atoms with van der Waals surface area (Å²) >= 11 is 0. The number of H-pyrrole nitrogens is 1. The van der Waals surface area contributed by atoms with Crippen molar-refractivity contribution in [3.63, 3.8) is 0 Å². The highest BCUT2D eigenvalue weighted by atomic mass is 16.4. The van der Waals surface area contributed by atoms with Gasteiger partial charge in [0.05, 0.1) is 12.4 Å². The van der Waals surface area contributed by atoms with Gasteiger partial charge in [0.25, 0.3) is 0 Å². The van der Waals surface area contributed by atoms with E-state index < -0.39 is 47.9 Å². The summed E-state index contributed by atoms with van der Waals surface area (Å²) in [5, 5.41) is 17.4. The predicted molar refractivity (Wildman–Crippen MR) is 127 cm³/mol. The molecule has 0 aliphatic rings. The second-order valence-corrected chi connectivity index (χ2v) is 9.84. The van der Waals surface area contributed by atoms with Crippen LogP contribution in [0.5, 0.6) is 0 Å². The molecule has 192 valence electrons. The minimum Gasteiger partial charge on any atom is -0.480 e. The van der Waals surface area contributed by atoms with Crippen molar-refractivity contribution in [3.8, 4) is 0 Å². The van der Waals surface area contributed by atoms with Gasteiger partial charge >= 0.3 is 5.97 Å². The fourth-order valence-electron chi connectivity index (χ4n) is 3.46. The average molecular weight is 481 g/mol. The molecule has 1 aromatic rings. The number of carboxylic acids is 1. The number of aliphatic carboxylic acids is 1. The molecular weight excluding hydrogens is 440 g/mol. The molecule has 0 radical (unpaired) electrons. The number of amides is 3. The van der Waals surface area contributed by atoms with Gasteiger partial charge in [-0.3, -0.25) is 14.4 Å². The molecule has 0 saturated heterocycles. The summed E-state index contributed by atoms with van der Waals surface area (Å²) < 4.78 is 0. The third-order valence-electron chi connectivity index (χ3n) is 5.24. The summed E-state index contributed by atoms with van der Waals surface area (Å²) in [5.74, 6) is -2.82. The molecule has 7 N–H and O–H groups in total. The van der Waals surface area contributed by atoms with Crippen LogP contribution < -0.4 is 21.7 Å². The van der Waals surface area contributed by atoms with E-state index in [2.05, 4.69) is 25.9 Å². The van der Waals surface area contributed by atoms with E-state index in [4.69, 9.17) is 5.73 Å². The minimum atomic E-state index is -1.15. The number of imidazole rings is 1. The second-order valence-electron chi connectivity index (χ2n) is 9.84. The smallest absolute Gasteiger partial charge is 0.326 e. The third kappa shape index (κ3) is 9.90. The molecule has 4 atom stereocenters. The number of hydrogen-bond acceptors (Lipinski definition) is 6. The lowest BCUT2D eigenvalue weighted by atomic mass is 9.99. The zero-order valence-corrected chi connectivity index (χ0v) is 20.9. The number of aromatic amines is 1. The maximum absolute atomic E-state index is 13.1. The van der Waals surface area contributed by atoms with Crippen LogP contribution in [-0.4, -0.2) is 62.9 Å². The van der Waals surface area contributed by atoms with Gasteiger partial charge < -0.3 is 31.8 Å². The number of nitrogens with one attached hydrogen (secondary N) is 4. The highest BCUT2D eigenvalue weighted by Crippen LogP contribution is 2.09. The summed E-state index contributed by atoms with van der Waals surface area (Å²) in [7, 11) is 0. The number of carboxylic acid groups (broad SMARTS) is 1. The topological polar surface area (TPSA) is 179 Å². The zero-order valence-electron chi connectivity index (χ0n) is 20.9. The van der Waals surface area contributed by atoms with Crippen molar-refractivity contribution in [1.29, 1.82) is 0 Å². The summed E-state index contributed by atoms with van der Waals surface area (Å²) in [4.78, 5) is 57.1. The molecule has 1 heterocycles. The van der Waals surface area contributed by atoms with E-state index in [1.807, 2.05) is 27.7 Å². The van der Waals surface area contributed by atoms with Gasteiger partial charge in [0.2, 0.25) is 17.7 Å². The molecule has 0 bridgehead atoms. The molecule has 4 unspecified atom stereocenters. The second kappa shape index (κ2) is 13.7. The molecular formula is C23H40N6O5. The first-order valence-corrected chi connectivity index (χ1v) is 11.7. The SMILES string of the molecule is CC(C)CC(N)C(=O)NC(C(=O)NC(Cc1cnc[nH]1)C(=O)NC(CC(C)C)C(=O)O)C(C)C. The maximum Gasteiger partial charge on any atom is 0.326 e. The number of rotatable bonds is 14. The Morgan fingerprint density at radius 2 is 1.50 bits per heavy atom. The van der Waals surface area contributed by atoms with Crippen molar-refractivity contribution in [2.75, 3.05) is 0 Å². The van der Waals surface area contributed by atoms with Gasteiger partial charge in [-0.25, -0.2) is 9.78 Å². The summed E-state index contributed by atoms with van der Waals surface area (Å²) in [5.41, 5.74) is 6.54. The van der Waals surface area contributed by atoms with E-state index in [1.54, 1.807) is 13.8 Å². The highest BCUT2D eigenvalue weighted by Gasteiger charge is 2.32. The molecule has 11 nitrogen and oxygen atoms in total. The van der Waals surface area contributed by atoms with Gasteiger partial charge in [0.15, 0.2) is 0 Å². The lowest BCUT2D eigenvalue weighted by Crippen LogP contribution is -2.59. The van der Waals surface area contributed by atoms with Crippen molar-refractivity contribution < 1.29 is 24.3 Å². The molecule has 0 saturated carbocycles. The van der Waals surface area contributed by atoms with E-state index >= 15 is 0 Å². The van der Waals surface area contributed by atoms with Crippen LogP contribution in [0.25, 0.3) is 0 Å². The summed E-state index contributed by atoms with van der Waals surface area (Å²) in [6, 6.07) is -3.85. The molecule has 1 aromatic heterocycles. The normalized spacial score (nSPS) is 15.0. The number of aromatic nitrogens is 2. The number of nitrogens with two attached hydrogens (primary N) is 1. The lowest BCUT2D eigenvalue weighted by molar-refractivity contribution is -0.142. The summed E-state index contributed by atoms with van der Waals surface area (Å²) in [6.45, 7) is 11.1. The molecule has 11 heteroatoms. The Morgan fingerprint density at radius 1 is 0.912 bits per heavy atom. The first kappa shape index (κ1) is 29.1. The van der Waals surface area contributed by atoms with Crippen LogP contribution >= 0.6 is 0 Å². The first-order chi connectivity index (χ1) is 15.8. The van der Waals surface area contributed by atoms with Crippen molar-refractivity contribution in [2.45, 2.75) is 85.0 Å². The predicted octanol–water partition coefficient (Wildman–Crippen LogP) is 0.567. The van der Waals surface area contributed by atoms with Crippen LogP contribution in [0.2, 0.25) is 0 Å². The van der Waals surface area contributed by atoms with Crippen LogP contribution in [0, 0.1) is 17.8 Å². The van der Waals surface area contributed by atoms with Crippen molar-refractivity contribution in [3.05, 3.63) is 18.2 Å². The van der Waals surface area contributed by atoms with E-state index in [0.29, 0.717) is 12.1 Å². The van der Waals surface area contributed by atoms with E-state index in [-0.39, 0.29) is 30.6 Å². The number of carbonyl (C=O) groups excluding carboxylic acids is 3. The Morgan fingerprint density at radius 3 is 1.97 bits per heavy atom. The van der Waals surface area contributed by atoms with Crippen molar-refractivity contribution >= 4 is 23.7 Å². The molecule has 0 aliphatic carbocycles. The van der Waals surface area contributed by atoms with Crippen LogP contribution in [-0.2, 0) is 25.6 Å². The largest absolute Gasteiger partial charge is 0.480 e. The van der Waals surface area contributed by atoms with Gasteiger partial charge in [-0.2, -0.15) is 0 Å². The third-order valence-corrected chi connectivity index (χ3v) is 5.24. The van der Waals surface area contributed by atoms with E-state index in [0.717, 1.165) is 0 Å². The van der Waals surface area contributed by atoms with E-state index in [1.165, 1.54) is 12.5 Å². The number of nitrogens with zero attached hydrogens (tertiary/aromatic N) is 1. The van der Waals surface area contributed by atoms with E-state index in [9.17, 15) is 24.3 Å². The Labute approximate surface area is 201 Å². The molecule has 3 amide bonds. The van der Waals surface area contributed by atoms with Gasteiger partial charge in [-0.15, -0.1) is 0 Å².